The highest BCUT2D eigenvalue weighted by atomic mass is 35.5. The van der Waals surface area contributed by atoms with Crippen LogP contribution in [-0.4, -0.2) is 32.9 Å². The minimum atomic E-state index is -1.14. The zero-order valence-corrected chi connectivity index (χ0v) is 21.6. The van der Waals surface area contributed by atoms with Gasteiger partial charge in [0.05, 0.1) is 17.1 Å². The van der Waals surface area contributed by atoms with Gasteiger partial charge in [0.15, 0.2) is 10.8 Å². The number of thiazole rings is 1. The molecule has 2 aromatic heterocycles. The molecular formula is C28H20Cl2N2O4S. The molecule has 0 aliphatic heterocycles. The fourth-order valence-corrected chi connectivity index (χ4v) is 5.41. The predicted molar refractivity (Wildman–Crippen MR) is 145 cm³/mol. The minimum Gasteiger partial charge on any atom is -0.480 e. The van der Waals surface area contributed by atoms with E-state index >= 15 is 0 Å². The fraction of sp³-hybridized carbons (Fsp3) is 0.107. The molecule has 3 aromatic carbocycles. The van der Waals surface area contributed by atoms with E-state index in [4.69, 9.17) is 27.6 Å². The number of furan rings is 1. The van der Waals surface area contributed by atoms with Crippen molar-refractivity contribution >= 4 is 57.4 Å². The summed E-state index contributed by atoms with van der Waals surface area (Å²) in [6.45, 7) is 0.0273. The number of rotatable bonds is 8. The van der Waals surface area contributed by atoms with Crippen LogP contribution in [0.4, 0.5) is 0 Å². The first-order valence-electron chi connectivity index (χ1n) is 11.4. The van der Waals surface area contributed by atoms with Crippen molar-refractivity contribution in [1.29, 1.82) is 0 Å². The zero-order valence-electron chi connectivity index (χ0n) is 19.3. The molecule has 0 aliphatic rings. The van der Waals surface area contributed by atoms with E-state index in [0.717, 1.165) is 16.5 Å². The Balaban J connectivity index is 1.50. The second-order valence-corrected chi connectivity index (χ2v) is 10.3. The molecule has 0 fully saturated rings. The lowest BCUT2D eigenvalue weighted by Gasteiger charge is -2.29. The van der Waals surface area contributed by atoms with E-state index in [1.54, 1.807) is 12.3 Å². The molecule has 2 heterocycles. The molecule has 5 rings (SSSR count). The van der Waals surface area contributed by atoms with Gasteiger partial charge in [-0.05, 0) is 35.9 Å². The van der Waals surface area contributed by atoms with Gasteiger partial charge in [0.25, 0.3) is 5.91 Å². The van der Waals surface area contributed by atoms with E-state index in [2.05, 4.69) is 4.98 Å². The van der Waals surface area contributed by atoms with E-state index < -0.39 is 17.9 Å². The maximum Gasteiger partial charge on any atom is 0.326 e. The van der Waals surface area contributed by atoms with E-state index in [1.165, 1.54) is 28.4 Å². The molecule has 186 valence electrons. The van der Waals surface area contributed by atoms with Crippen LogP contribution in [0.5, 0.6) is 0 Å². The predicted octanol–water partition coefficient (Wildman–Crippen LogP) is 7.20. The van der Waals surface area contributed by atoms with E-state index in [-0.39, 0.29) is 23.6 Å². The van der Waals surface area contributed by atoms with Crippen molar-refractivity contribution in [3.8, 4) is 10.8 Å². The fourth-order valence-electron chi connectivity index (χ4n) is 4.06. The summed E-state index contributed by atoms with van der Waals surface area (Å²) in [5.41, 5.74) is 1.71. The summed E-state index contributed by atoms with van der Waals surface area (Å²) in [5, 5.41) is 12.3. The molecular weight excluding hydrogens is 531 g/mol. The first-order valence-corrected chi connectivity index (χ1v) is 12.9. The average Bonchev–Trinajstić information content (AvgIpc) is 3.53. The summed E-state index contributed by atoms with van der Waals surface area (Å²) in [5.74, 6) is -1.02. The molecule has 1 atom stereocenters. The van der Waals surface area contributed by atoms with Crippen molar-refractivity contribution in [2.75, 3.05) is 0 Å². The van der Waals surface area contributed by atoms with Crippen molar-refractivity contribution in [2.45, 2.75) is 19.0 Å². The van der Waals surface area contributed by atoms with Gasteiger partial charge in [0, 0.05) is 27.9 Å². The lowest BCUT2D eigenvalue weighted by atomic mass is 10.0. The molecule has 0 saturated heterocycles. The Hall–Kier alpha value is -3.65. The van der Waals surface area contributed by atoms with E-state index in [1.807, 2.05) is 60.7 Å². The molecule has 1 amide bonds. The average molecular weight is 551 g/mol. The highest BCUT2D eigenvalue weighted by Gasteiger charge is 2.32. The topological polar surface area (TPSA) is 83.6 Å². The molecule has 0 unspecified atom stereocenters. The molecule has 1 N–H and O–H groups in total. The Morgan fingerprint density at radius 1 is 1.00 bits per heavy atom. The first-order chi connectivity index (χ1) is 17.9. The van der Waals surface area contributed by atoms with Gasteiger partial charge in [-0.3, -0.25) is 4.79 Å². The van der Waals surface area contributed by atoms with Crippen LogP contribution in [0.2, 0.25) is 10.0 Å². The number of aromatic nitrogens is 1. The smallest absolute Gasteiger partial charge is 0.326 e. The van der Waals surface area contributed by atoms with E-state index in [9.17, 15) is 14.7 Å². The minimum absolute atomic E-state index is 0.0273. The van der Waals surface area contributed by atoms with E-state index in [0.29, 0.717) is 20.7 Å². The molecule has 0 aliphatic carbocycles. The summed E-state index contributed by atoms with van der Waals surface area (Å²) in [4.78, 5) is 32.7. The number of halogens is 2. The number of carboxylic acids is 1. The SMILES string of the molecule is O=C(O)[C@H](Cc1ccccc1)N(Cc1cnc(-c2cc3ccccc3o2)s1)C(=O)c1ccc(Cl)cc1Cl. The van der Waals surface area contributed by atoms with Gasteiger partial charge < -0.3 is 14.4 Å². The van der Waals surface area contributed by atoms with Crippen LogP contribution >= 0.6 is 34.5 Å². The monoisotopic (exact) mass is 550 g/mol. The number of hydrogen-bond acceptors (Lipinski definition) is 5. The summed E-state index contributed by atoms with van der Waals surface area (Å²) in [6.07, 6.45) is 1.76. The molecule has 37 heavy (non-hydrogen) atoms. The van der Waals surface area contributed by atoms with Crippen molar-refractivity contribution in [2.24, 2.45) is 0 Å². The van der Waals surface area contributed by atoms with Crippen molar-refractivity contribution in [3.05, 3.63) is 111 Å². The number of carbonyl (C=O) groups is 2. The first kappa shape index (κ1) is 25.0. The van der Waals surface area contributed by atoms with Gasteiger partial charge in [0.2, 0.25) is 0 Å². The van der Waals surface area contributed by atoms with Gasteiger partial charge in [-0.2, -0.15) is 0 Å². The van der Waals surface area contributed by atoms with Gasteiger partial charge >= 0.3 is 5.97 Å². The third-order valence-electron chi connectivity index (χ3n) is 5.87. The van der Waals surface area contributed by atoms with Crippen LogP contribution in [0.3, 0.4) is 0 Å². The Bertz CT molecular complexity index is 1550. The van der Waals surface area contributed by atoms with Gasteiger partial charge in [0.1, 0.15) is 11.6 Å². The number of benzene rings is 3. The Morgan fingerprint density at radius 3 is 2.49 bits per heavy atom. The Labute approximate surface area is 226 Å². The van der Waals surface area contributed by atoms with Crippen LogP contribution in [-0.2, 0) is 17.8 Å². The molecule has 6 nitrogen and oxygen atoms in total. The lowest BCUT2D eigenvalue weighted by Crippen LogP contribution is -2.46. The number of aliphatic carboxylic acids is 1. The summed E-state index contributed by atoms with van der Waals surface area (Å²) < 4.78 is 5.92. The number of carboxylic acid groups (broad SMARTS) is 1. The van der Waals surface area contributed by atoms with Crippen molar-refractivity contribution in [3.63, 3.8) is 0 Å². The highest BCUT2D eigenvalue weighted by molar-refractivity contribution is 7.14. The highest BCUT2D eigenvalue weighted by Crippen LogP contribution is 2.32. The molecule has 0 spiro atoms. The number of carbonyl (C=O) groups excluding carboxylic acids is 1. The van der Waals surface area contributed by atoms with Crippen molar-refractivity contribution < 1.29 is 19.1 Å². The third-order valence-corrected chi connectivity index (χ3v) is 7.42. The van der Waals surface area contributed by atoms with Crippen LogP contribution in [0, 0.1) is 0 Å². The summed E-state index contributed by atoms with van der Waals surface area (Å²) in [7, 11) is 0. The molecule has 0 saturated carbocycles. The van der Waals surface area contributed by atoms with Crippen LogP contribution in [0.15, 0.2) is 89.5 Å². The second-order valence-electron chi connectivity index (χ2n) is 8.38. The number of nitrogens with zero attached hydrogens (tertiary/aromatic N) is 2. The molecule has 0 radical (unpaired) electrons. The molecule has 0 bridgehead atoms. The summed E-state index contributed by atoms with van der Waals surface area (Å²) in [6, 6.07) is 22.1. The summed E-state index contributed by atoms with van der Waals surface area (Å²) >= 11 is 13.7. The van der Waals surface area contributed by atoms with Crippen molar-refractivity contribution in [1.82, 2.24) is 9.88 Å². The molecule has 5 aromatic rings. The van der Waals surface area contributed by atoms with Gasteiger partial charge in [-0.25, -0.2) is 9.78 Å². The maximum absolute atomic E-state index is 13.7. The standard InChI is InChI=1S/C28H20Cl2N2O4S/c29-19-10-11-21(22(30)14-19)27(33)32(23(28(34)35)12-17-6-2-1-3-7-17)16-20-15-31-26(37-20)25-13-18-8-4-5-9-24(18)36-25/h1-11,13-15,23H,12,16H2,(H,34,35)/t23-/m0/s1. The maximum atomic E-state index is 13.7. The van der Waals surface area contributed by atoms with Gasteiger partial charge in [-0.1, -0.05) is 71.7 Å². The van der Waals surface area contributed by atoms with Crippen LogP contribution in [0.1, 0.15) is 20.8 Å². The Kier molecular flexibility index (Phi) is 7.28. The number of amides is 1. The second kappa shape index (κ2) is 10.8. The van der Waals surface area contributed by atoms with Crippen LogP contribution in [0.25, 0.3) is 21.7 Å². The number of para-hydroxylation sites is 1. The number of fused-ring (bicyclic) bond motifs is 1. The number of hydrogen-bond donors (Lipinski definition) is 1. The lowest BCUT2D eigenvalue weighted by molar-refractivity contribution is -0.142. The molecule has 9 heteroatoms. The van der Waals surface area contributed by atoms with Crippen LogP contribution < -0.4 is 0 Å². The third kappa shape index (κ3) is 5.54. The zero-order chi connectivity index (χ0) is 25.9. The van der Waals surface area contributed by atoms with Gasteiger partial charge in [-0.15, -0.1) is 11.3 Å². The Morgan fingerprint density at radius 2 is 1.76 bits per heavy atom. The normalized spacial score (nSPS) is 11.9. The largest absolute Gasteiger partial charge is 0.480 e. The quantitative estimate of drug-likeness (QED) is 0.221.